The van der Waals surface area contributed by atoms with Crippen LogP contribution in [0.2, 0.25) is 0 Å². The third-order valence-corrected chi connectivity index (χ3v) is 5.79. The number of carbonyl (C=O) groups is 2. The predicted molar refractivity (Wildman–Crippen MR) is 138 cm³/mol. The van der Waals surface area contributed by atoms with Crippen LogP contribution in [0.25, 0.3) is 5.76 Å². The molecule has 1 aliphatic rings. The number of hydrogen-bond acceptors (Lipinski definition) is 7. The number of rotatable bonds is 12. The number of nitrogens with zero attached hydrogens (tertiary/aromatic N) is 2. The minimum Gasteiger partial charge on any atom is -0.507 e. The first-order valence-electron chi connectivity index (χ1n) is 11.9. The van der Waals surface area contributed by atoms with E-state index >= 15 is 0 Å². The molecule has 1 fully saturated rings. The first-order chi connectivity index (χ1) is 17.3. The lowest BCUT2D eigenvalue weighted by Gasteiger charge is -2.27. The Kier molecular flexibility index (Phi) is 9.13. The lowest BCUT2D eigenvalue weighted by atomic mass is 9.95. The number of likely N-dealkylation sites (tertiary alicyclic amines) is 1. The topological polar surface area (TPSA) is 88.5 Å². The van der Waals surface area contributed by atoms with Crippen molar-refractivity contribution in [1.82, 2.24) is 9.80 Å². The number of amides is 1. The maximum Gasteiger partial charge on any atom is 0.295 e. The van der Waals surface area contributed by atoms with Gasteiger partial charge in [-0.15, -0.1) is 0 Å². The molecular formula is C28H34N2O6. The van der Waals surface area contributed by atoms with E-state index < -0.39 is 17.7 Å². The number of ketones is 1. The summed E-state index contributed by atoms with van der Waals surface area (Å²) in [5.41, 5.74) is 1.08. The van der Waals surface area contributed by atoms with E-state index in [9.17, 15) is 14.7 Å². The molecule has 1 amide bonds. The van der Waals surface area contributed by atoms with E-state index in [1.165, 1.54) is 12.0 Å². The third-order valence-electron chi connectivity index (χ3n) is 5.79. The monoisotopic (exact) mass is 494 g/mol. The Morgan fingerprint density at radius 2 is 1.83 bits per heavy atom. The molecule has 1 atom stereocenters. The lowest BCUT2D eigenvalue weighted by Crippen LogP contribution is -2.35. The highest BCUT2D eigenvalue weighted by Gasteiger charge is 2.46. The normalized spacial score (nSPS) is 16.9. The van der Waals surface area contributed by atoms with Crippen molar-refractivity contribution in [3.63, 3.8) is 0 Å². The quantitative estimate of drug-likeness (QED) is 0.206. The van der Waals surface area contributed by atoms with Gasteiger partial charge in [0.05, 0.1) is 25.3 Å². The van der Waals surface area contributed by atoms with Gasteiger partial charge in [0.2, 0.25) is 0 Å². The molecular weight excluding hydrogens is 460 g/mol. The zero-order valence-corrected chi connectivity index (χ0v) is 21.3. The van der Waals surface area contributed by atoms with E-state index in [4.69, 9.17) is 14.2 Å². The average molecular weight is 495 g/mol. The number of ether oxygens (including phenoxy) is 3. The van der Waals surface area contributed by atoms with E-state index in [0.717, 1.165) is 6.42 Å². The smallest absolute Gasteiger partial charge is 0.295 e. The van der Waals surface area contributed by atoms with Crippen molar-refractivity contribution in [3.05, 3.63) is 71.8 Å². The van der Waals surface area contributed by atoms with E-state index in [2.05, 4.69) is 6.58 Å². The van der Waals surface area contributed by atoms with E-state index in [1.807, 2.05) is 25.9 Å². The zero-order chi connectivity index (χ0) is 26.2. The van der Waals surface area contributed by atoms with Crippen LogP contribution >= 0.6 is 0 Å². The molecule has 8 nitrogen and oxygen atoms in total. The van der Waals surface area contributed by atoms with Gasteiger partial charge < -0.3 is 29.1 Å². The van der Waals surface area contributed by atoms with Gasteiger partial charge in [-0.05, 0) is 62.5 Å². The summed E-state index contributed by atoms with van der Waals surface area (Å²) in [4.78, 5) is 29.7. The Morgan fingerprint density at radius 3 is 2.44 bits per heavy atom. The molecule has 1 saturated heterocycles. The fraction of sp³-hybridized carbons (Fsp3) is 0.357. The second kappa shape index (κ2) is 12.3. The molecule has 1 heterocycles. The molecule has 3 rings (SSSR count). The maximum atomic E-state index is 13.2. The van der Waals surface area contributed by atoms with Gasteiger partial charge in [0, 0.05) is 18.7 Å². The first kappa shape index (κ1) is 26.8. The van der Waals surface area contributed by atoms with Gasteiger partial charge in [0.15, 0.2) is 11.5 Å². The van der Waals surface area contributed by atoms with Crippen LogP contribution in [-0.4, -0.2) is 74.1 Å². The van der Waals surface area contributed by atoms with Crippen LogP contribution in [0.4, 0.5) is 0 Å². The van der Waals surface area contributed by atoms with Gasteiger partial charge in [-0.2, -0.15) is 0 Å². The van der Waals surface area contributed by atoms with Crippen molar-refractivity contribution in [1.29, 1.82) is 0 Å². The second-order valence-electron chi connectivity index (χ2n) is 8.68. The van der Waals surface area contributed by atoms with Crippen LogP contribution < -0.4 is 14.2 Å². The Hall–Kier alpha value is -3.78. The Bertz CT molecular complexity index is 1120. The van der Waals surface area contributed by atoms with Gasteiger partial charge in [0.1, 0.15) is 18.1 Å². The molecule has 0 radical (unpaired) electrons. The molecule has 2 aromatic rings. The summed E-state index contributed by atoms with van der Waals surface area (Å²) < 4.78 is 16.8. The van der Waals surface area contributed by atoms with Gasteiger partial charge in [0.25, 0.3) is 11.7 Å². The van der Waals surface area contributed by atoms with Crippen molar-refractivity contribution < 1.29 is 28.9 Å². The standard InChI is InChI=1S/C28H34N2O6/c1-6-16-35-21-11-8-19(9-12-21)26(31)24-25(30(15-14-29(3)4)28(33)27(24)32)20-10-13-22(36-17-7-2)23(18-20)34-5/h7-13,18,25,31H,2,6,14-17H2,1,3-5H3/b26-24+. The number of methoxy groups -OCH3 is 1. The van der Waals surface area contributed by atoms with Crippen molar-refractivity contribution in [2.75, 3.05) is 47.5 Å². The fourth-order valence-corrected chi connectivity index (χ4v) is 3.97. The molecule has 0 aliphatic carbocycles. The summed E-state index contributed by atoms with van der Waals surface area (Å²) in [5.74, 6) is -0.000250. The second-order valence-corrected chi connectivity index (χ2v) is 8.68. The number of carbonyl (C=O) groups excluding carboxylic acids is 2. The first-order valence-corrected chi connectivity index (χ1v) is 11.9. The Morgan fingerprint density at radius 1 is 1.11 bits per heavy atom. The molecule has 192 valence electrons. The molecule has 1 aliphatic heterocycles. The number of aliphatic hydroxyl groups excluding tert-OH is 1. The largest absolute Gasteiger partial charge is 0.507 e. The van der Waals surface area contributed by atoms with E-state index in [1.54, 1.807) is 48.5 Å². The number of benzene rings is 2. The molecule has 8 heteroatoms. The van der Waals surface area contributed by atoms with Crippen LogP contribution in [0.3, 0.4) is 0 Å². The summed E-state index contributed by atoms with van der Waals surface area (Å²) in [7, 11) is 5.30. The predicted octanol–water partition coefficient (Wildman–Crippen LogP) is 4.03. The fourth-order valence-electron chi connectivity index (χ4n) is 3.97. The molecule has 2 aromatic carbocycles. The number of likely N-dealkylation sites (N-methyl/N-ethyl adjacent to an activating group) is 1. The van der Waals surface area contributed by atoms with Crippen LogP contribution in [0.5, 0.6) is 17.2 Å². The van der Waals surface area contributed by atoms with Gasteiger partial charge >= 0.3 is 0 Å². The number of hydrogen-bond donors (Lipinski definition) is 1. The van der Waals surface area contributed by atoms with Crippen LogP contribution in [0, 0.1) is 0 Å². The van der Waals surface area contributed by atoms with Gasteiger partial charge in [-0.3, -0.25) is 9.59 Å². The van der Waals surface area contributed by atoms with Gasteiger partial charge in [-0.1, -0.05) is 25.6 Å². The molecule has 0 saturated carbocycles. The summed E-state index contributed by atoms with van der Waals surface area (Å²) in [5, 5.41) is 11.3. The van der Waals surface area contributed by atoms with Crippen LogP contribution in [0.15, 0.2) is 60.7 Å². The Balaban J connectivity index is 2.09. The highest BCUT2D eigenvalue weighted by molar-refractivity contribution is 6.46. The number of aliphatic hydroxyl groups is 1. The van der Waals surface area contributed by atoms with E-state index in [0.29, 0.717) is 54.7 Å². The van der Waals surface area contributed by atoms with Crippen molar-refractivity contribution in [2.24, 2.45) is 0 Å². The van der Waals surface area contributed by atoms with E-state index in [-0.39, 0.29) is 11.3 Å². The molecule has 0 aromatic heterocycles. The average Bonchev–Trinajstić information content (AvgIpc) is 3.14. The maximum absolute atomic E-state index is 13.2. The molecule has 1 unspecified atom stereocenters. The molecule has 1 N–H and O–H groups in total. The third kappa shape index (κ3) is 5.88. The SMILES string of the molecule is C=CCOc1ccc(C2/C(=C(\O)c3ccc(OCCC)cc3)C(=O)C(=O)N2CCN(C)C)cc1OC. The van der Waals surface area contributed by atoms with Crippen molar-refractivity contribution >= 4 is 17.4 Å². The highest BCUT2D eigenvalue weighted by atomic mass is 16.5. The summed E-state index contributed by atoms with van der Waals surface area (Å²) in [6.07, 6.45) is 2.50. The highest BCUT2D eigenvalue weighted by Crippen LogP contribution is 2.42. The lowest BCUT2D eigenvalue weighted by molar-refractivity contribution is -0.140. The number of Topliss-reactive ketones (excluding diaryl/α,β-unsaturated/α-hetero) is 1. The molecule has 0 bridgehead atoms. The zero-order valence-electron chi connectivity index (χ0n) is 21.3. The Labute approximate surface area is 212 Å². The summed E-state index contributed by atoms with van der Waals surface area (Å²) in [6, 6.07) is 11.3. The molecule has 0 spiro atoms. The van der Waals surface area contributed by atoms with Gasteiger partial charge in [-0.25, -0.2) is 0 Å². The molecule has 36 heavy (non-hydrogen) atoms. The summed E-state index contributed by atoms with van der Waals surface area (Å²) in [6.45, 7) is 7.41. The van der Waals surface area contributed by atoms with Crippen LogP contribution in [-0.2, 0) is 9.59 Å². The van der Waals surface area contributed by atoms with Crippen LogP contribution in [0.1, 0.15) is 30.5 Å². The van der Waals surface area contributed by atoms with Crippen molar-refractivity contribution in [2.45, 2.75) is 19.4 Å². The van der Waals surface area contributed by atoms with Crippen molar-refractivity contribution in [3.8, 4) is 17.2 Å². The summed E-state index contributed by atoms with van der Waals surface area (Å²) >= 11 is 0. The minimum atomic E-state index is -0.789. The minimum absolute atomic E-state index is 0.0304.